The van der Waals surface area contributed by atoms with Gasteiger partial charge in [0, 0.05) is 13.0 Å². The highest BCUT2D eigenvalue weighted by molar-refractivity contribution is 5.70. The van der Waals surface area contributed by atoms with Gasteiger partial charge < -0.3 is 15.6 Å². The summed E-state index contributed by atoms with van der Waals surface area (Å²) in [6.45, 7) is 1.30. The molecule has 2 rings (SSSR count). The molecule has 18 heavy (non-hydrogen) atoms. The molecule has 3 N–H and O–H groups in total. The van der Waals surface area contributed by atoms with Crippen molar-refractivity contribution in [2.75, 3.05) is 0 Å². The third-order valence-corrected chi connectivity index (χ3v) is 3.53. The SMILES string of the molecule is CC(=O)Oc1ccc([C@H](N)C2CCCC2)cc1O. The number of hydrogen-bond acceptors (Lipinski definition) is 4. The van der Waals surface area contributed by atoms with E-state index in [-0.39, 0.29) is 17.5 Å². The summed E-state index contributed by atoms with van der Waals surface area (Å²) in [5.41, 5.74) is 7.10. The molecule has 0 amide bonds. The molecular formula is C14H19NO3. The number of hydrogen-bond donors (Lipinski definition) is 2. The molecule has 0 saturated heterocycles. The Bertz CT molecular complexity index is 439. The zero-order valence-electron chi connectivity index (χ0n) is 10.6. The van der Waals surface area contributed by atoms with Crippen molar-refractivity contribution >= 4 is 5.97 Å². The summed E-state index contributed by atoms with van der Waals surface area (Å²) in [4.78, 5) is 10.8. The zero-order valence-corrected chi connectivity index (χ0v) is 10.6. The first kappa shape index (κ1) is 12.9. The van der Waals surface area contributed by atoms with Crippen molar-refractivity contribution in [3.8, 4) is 11.5 Å². The minimum atomic E-state index is -0.446. The molecule has 98 valence electrons. The largest absolute Gasteiger partial charge is 0.504 e. The number of carbonyl (C=O) groups is 1. The number of esters is 1. The van der Waals surface area contributed by atoms with Crippen LogP contribution in [0.1, 0.15) is 44.2 Å². The van der Waals surface area contributed by atoms with Gasteiger partial charge in [0.15, 0.2) is 11.5 Å². The number of carbonyl (C=O) groups excluding carboxylic acids is 1. The molecule has 1 aromatic carbocycles. The Morgan fingerprint density at radius 1 is 1.44 bits per heavy atom. The van der Waals surface area contributed by atoms with Crippen LogP contribution < -0.4 is 10.5 Å². The highest BCUT2D eigenvalue weighted by atomic mass is 16.5. The van der Waals surface area contributed by atoms with Gasteiger partial charge in [-0.25, -0.2) is 0 Å². The van der Waals surface area contributed by atoms with Crippen molar-refractivity contribution in [3.63, 3.8) is 0 Å². The van der Waals surface area contributed by atoms with Gasteiger partial charge in [-0.1, -0.05) is 18.9 Å². The fourth-order valence-corrected chi connectivity index (χ4v) is 2.57. The van der Waals surface area contributed by atoms with Crippen LogP contribution in [0.4, 0.5) is 0 Å². The van der Waals surface area contributed by atoms with Crippen molar-refractivity contribution in [1.29, 1.82) is 0 Å². The molecule has 1 saturated carbocycles. The molecular weight excluding hydrogens is 230 g/mol. The van der Waals surface area contributed by atoms with E-state index < -0.39 is 5.97 Å². The fraction of sp³-hybridized carbons (Fsp3) is 0.500. The molecule has 0 unspecified atom stereocenters. The van der Waals surface area contributed by atoms with Gasteiger partial charge in [-0.2, -0.15) is 0 Å². The Kier molecular flexibility index (Phi) is 3.87. The number of rotatable bonds is 3. The van der Waals surface area contributed by atoms with E-state index in [1.165, 1.54) is 19.8 Å². The van der Waals surface area contributed by atoms with Crippen molar-refractivity contribution in [2.24, 2.45) is 11.7 Å². The quantitative estimate of drug-likeness (QED) is 0.637. The summed E-state index contributed by atoms with van der Waals surface area (Å²) in [5, 5.41) is 9.80. The number of aromatic hydroxyl groups is 1. The first-order valence-corrected chi connectivity index (χ1v) is 6.35. The average molecular weight is 249 g/mol. The van der Waals surface area contributed by atoms with Crippen LogP contribution in [0.15, 0.2) is 18.2 Å². The Morgan fingerprint density at radius 2 is 2.11 bits per heavy atom. The van der Waals surface area contributed by atoms with Crippen LogP contribution in [0.3, 0.4) is 0 Å². The van der Waals surface area contributed by atoms with Crippen LogP contribution in [0.2, 0.25) is 0 Å². The minimum absolute atomic E-state index is 0.0313. The molecule has 0 bridgehead atoms. The van der Waals surface area contributed by atoms with E-state index in [1.807, 2.05) is 6.07 Å². The van der Waals surface area contributed by atoms with E-state index in [2.05, 4.69) is 0 Å². The molecule has 0 radical (unpaired) electrons. The lowest BCUT2D eigenvalue weighted by Crippen LogP contribution is -2.19. The van der Waals surface area contributed by atoms with E-state index in [4.69, 9.17) is 10.5 Å². The number of phenols is 1. The Hall–Kier alpha value is -1.55. The van der Waals surface area contributed by atoms with Crippen molar-refractivity contribution in [2.45, 2.75) is 38.6 Å². The Balaban J connectivity index is 2.14. The van der Waals surface area contributed by atoms with Gasteiger partial charge >= 0.3 is 5.97 Å². The maximum Gasteiger partial charge on any atom is 0.308 e. The Labute approximate surface area is 107 Å². The van der Waals surface area contributed by atoms with Gasteiger partial charge in [0.2, 0.25) is 0 Å². The monoisotopic (exact) mass is 249 g/mol. The summed E-state index contributed by atoms with van der Waals surface area (Å²) >= 11 is 0. The number of phenolic OH excluding ortho intramolecular Hbond substituents is 1. The molecule has 0 spiro atoms. The summed E-state index contributed by atoms with van der Waals surface area (Å²) in [5.74, 6) is 0.197. The molecule has 0 heterocycles. The van der Waals surface area contributed by atoms with E-state index in [1.54, 1.807) is 12.1 Å². The predicted octanol–water partition coefficient (Wildman–Crippen LogP) is 2.51. The van der Waals surface area contributed by atoms with Crippen molar-refractivity contribution < 1.29 is 14.6 Å². The maximum atomic E-state index is 10.8. The predicted molar refractivity (Wildman–Crippen MR) is 68.3 cm³/mol. The number of ether oxygens (including phenoxy) is 1. The van der Waals surface area contributed by atoms with Crippen LogP contribution in [0.5, 0.6) is 11.5 Å². The van der Waals surface area contributed by atoms with Gasteiger partial charge in [0.25, 0.3) is 0 Å². The average Bonchev–Trinajstić information content (AvgIpc) is 2.84. The topological polar surface area (TPSA) is 72.5 Å². The second-order valence-electron chi connectivity index (χ2n) is 4.89. The zero-order chi connectivity index (χ0) is 13.1. The van der Waals surface area contributed by atoms with E-state index in [0.717, 1.165) is 18.4 Å². The van der Waals surface area contributed by atoms with E-state index in [9.17, 15) is 9.90 Å². The highest BCUT2D eigenvalue weighted by Crippen LogP contribution is 2.36. The van der Waals surface area contributed by atoms with Crippen LogP contribution in [-0.4, -0.2) is 11.1 Å². The molecule has 4 nitrogen and oxygen atoms in total. The normalized spacial score (nSPS) is 17.7. The van der Waals surface area contributed by atoms with Gasteiger partial charge in [-0.15, -0.1) is 0 Å². The summed E-state index contributed by atoms with van der Waals surface area (Å²) in [7, 11) is 0. The molecule has 4 heteroatoms. The van der Waals surface area contributed by atoms with Gasteiger partial charge in [0.05, 0.1) is 0 Å². The summed E-state index contributed by atoms with van der Waals surface area (Å²) < 4.78 is 4.88. The second kappa shape index (κ2) is 5.40. The fourth-order valence-electron chi connectivity index (χ4n) is 2.57. The highest BCUT2D eigenvalue weighted by Gasteiger charge is 2.23. The Morgan fingerprint density at radius 3 is 2.67 bits per heavy atom. The smallest absolute Gasteiger partial charge is 0.308 e. The van der Waals surface area contributed by atoms with Crippen LogP contribution in [-0.2, 0) is 4.79 Å². The van der Waals surface area contributed by atoms with Crippen LogP contribution >= 0.6 is 0 Å². The molecule has 1 fully saturated rings. The lowest BCUT2D eigenvalue weighted by molar-refractivity contribution is -0.132. The van der Waals surface area contributed by atoms with Crippen molar-refractivity contribution in [1.82, 2.24) is 0 Å². The molecule has 1 atom stereocenters. The lowest BCUT2D eigenvalue weighted by atomic mass is 9.92. The number of nitrogens with two attached hydrogens (primary N) is 1. The first-order chi connectivity index (χ1) is 8.58. The third kappa shape index (κ3) is 2.82. The van der Waals surface area contributed by atoms with E-state index >= 15 is 0 Å². The van der Waals surface area contributed by atoms with E-state index in [0.29, 0.717) is 5.92 Å². The van der Waals surface area contributed by atoms with Gasteiger partial charge in [-0.3, -0.25) is 4.79 Å². The molecule has 0 aromatic heterocycles. The maximum absolute atomic E-state index is 10.8. The third-order valence-electron chi connectivity index (χ3n) is 3.53. The summed E-state index contributed by atoms with van der Waals surface area (Å²) in [6.07, 6.45) is 4.76. The molecule has 1 aliphatic rings. The molecule has 1 aliphatic carbocycles. The molecule has 1 aromatic rings. The first-order valence-electron chi connectivity index (χ1n) is 6.35. The number of benzene rings is 1. The van der Waals surface area contributed by atoms with Crippen molar-refractivity contribution in [3.05, 3.63) is 23.8 Å². The van der Waals surface area contributed by atoms with Gasteiger partial charge in [-0.05, 0) is 36.5 Å². The summed E-state index contributed by atoms with van der Waals surface area (Å²) in [6, 6.07) is 4.97. The second-order valence-corrected chi connectivity index (χ2v) is 4.89. The van der Waals surface area contributed by atoms with Crippen LogP contribution in [0, 0.1) is 5.92 Å². The lowest BCUT2D eigenvalue weighted by Gasteiger charge is -2.19. The molecule has 0 aliphatic heterocycles. The standard InChI is InChI=1S/C14H19NO3/c1-9(16)18-13-7-6-11(8-12(13)17)14(15)10-4-2-3-5-10/h6-8,10,14,17H,2-5,15H2,1H3/t14-/m1/s1. The van der Waals surface area contributed by atoms with Crippen LogP contribution in [0.25, 0.3) is 0 Å². The minimum Gasteiger partial charge on any atom is -0.504 e. The van der Waals surface area contributed by atoms with Gasteiger partial charge in [0.1, 0.15) is 0 Å².